The quantitative estimate of drug-likeness (QED) is 0.414. The molecule has 0 aromatic carbocycles. The molecule has 2 aliphatic heterocycles. The van der Waals surface area contributed by atoms with E-state index in [2.05, 4.69) is 19.1 Å². The van der Waals surface area contributed by atoms with E-state index in [9.17, 15) is 14.4 Å². The maximum Gasteiger partial charge on any atom is 0.320 e. The van der Waals surface area contributed by atoms with Crippen LogP contribution in [0.25, 0.3) is 0 Å². The summed E-state index contributed by atoms with van der Waals surface area (Å²) in [5.41, 5.74) is -0.901. The molecule has 0 N–H and O–H groups in total. The van der Waals surface area contributed by atoms with Gasteiger partial charge in [0.05, 0.1) is 5.92 Å². The molecule has 0 amide bonds. The average Bonchev–Trinajstić information content (AvgIpc) is 2.95. The molecule has 0 radical (unpaired) electrons. The van der Waals surface area contributed by atoms with Crippen molar-refractivity contribution in [1.29, 1.82) is 0 Å². The molecule has 6 rings (SSSR count). The van der Waals surface area contributed by atoms with Gasteiger partial charge in [0.2, 0.25) is 0 Å². The van der Waals surface area contributed by atoms with Gasteiger partial charge in [0.15, 0.2) is 5.78 Å². The van der Waals surface area contributed by atoms with Gasteiger partial charge in [-0.3, -0.25) is 14.4 Å². The zero-order valence-corrected chi connectivity index (χ0v) is 16.9. The third kappa shape index (κ3) is 2.40. The van der Waals surface area contributed by atoms with Gasteiger partial charge in [-0.1, -0.05) is 32.9 Å². The minimum Gasteiger partial charge on any atom is -0.461 e. The summed E-state index contributed by atoms with van der Waals surface area (Å²) < 4.78 is 11.5. The first-order valence-corrected chi connectivity index (χ1v) is 10.9. The Morgan fingerprint density at radius 1 is 1.18 bits per heavy atom. The first kappa shape index (κ1) is 18.4. The number of ether oxygens (including phenoxy) is 2. The molecule has 1 spiro atoms. The van der Waals surface area contributed by atoms with Gasteiger partial charge in [-0.05, 0) is 55.3 Å². The smallest absolute Gasteiger partial charge is 0.320 e. The second-order valence-corrected chi connectivity index (χ2v) is 10.2. The maximum atomic E-state index is 12.9. The summed E-state index contributed by atoms with van der Waals surface area (Å²) >= 11 is 0. The Kier molecular flexibility index (Phi) is 4.05. The second-order valence-electron chi connectivity index (χ2n) is 10.2. The van der Waals surface area contributed by atoms with Crippen LogP contribution in [0.15, 0.2) is 12.2 Å². The largest absolute Gasteiger partial charge is 0.461 e. The van der Waals surface area contributed by atoms with E-state index in [0.717, 1.165) is 19.3 Å². The SMILES string of the molecule is CC(C)C(=O)OC1C(C)CC2C1C=CC1CC3CC4CC(=O)C3(CC12)C(=O)O4. The molecule has 9 atom stereocenters. The number of rotatable bonds is 2. The number of allylic oxidation sites excluding steroid dienone is 1. The zero-order valence-electron chi connectivity index (χ0n) is 16.9. The molecule has 0 aromatic rings. The van der Waals surface area contributed by atoms with Crippen LogP contribution in [0.2, 0.25) is 0 Å². The van der Waals surface area contributed by atoms with E-state index in [1.54, 1.807) is 0 Å². The summed E-state index contributed by atoms with van der Waals surface area (Å²) in [4.78, 5) is 38.0. The van der Waals surface area contributed by atoms with Crippen LogP contribution in [0.1, 0.15) is 52.9 Å². The highest BCUT2D eigenvalue weighted by atomic mass is 16.6. The highest BCUT2D eigenvalue weighted by Gasteiger charge is 2.66. The van der Waals surface area contributed by atoms with E-state index in [4.69, 9.17) is 9.47 Å². The normalized spacial score (nSPS) is 48.7. The summed E-state index contributed by atoms with van der Waals surface area (Å²) in [6, 6.07) is 0. The fourth-order valence-electron chi connectivity index (χ4n) is 7.02. The van der Waals surface area contributed by atoms with E-state index < -0.39 is 5.41 Å². The topological polar surface area (TPSA) is 69.7 Å². The molecule has 2 heterocycles. The molecule has 9 unspecified atom stereocenters. The Bertz CT molecular complexity index is 734. The van der Waals surface area contributed by atoms with Crippen molar-refractivity contribution in [3.05, 3.63) is 12.2 Å². The van der Waals surface area contributed by atoms with Crippen LogP contribution in [0, 0.1) is 46.8 Å². The highest BCUT2D eigenvalue weighted by molar-refractivity contribution is 6.07. The molecular weight excluding hydrogens is 356 g/mol. The number of esters is 2. The summed E-state index contributed by atoms with van der Waals surface area (Å²) in [7, 11) is 0. The van der Waals surface area contributed by atoms with Crippen LogP contribution in [-0.2, 0) is 23.9 Å². The first-order chi connectivity index (χ1) is 13.3. The second kappa shape index (κ2) is 6.17. The van der Waals surface area contributed by atoms with Crippen LogP contribution >= 0.6 is 0 Å². The molecule has 5 nitrogen and oxygen atoms in total. The van der Waals surface area contributed by atoms with Crippen molar-refractivity contribution in [2.75, 3.05) is 0 Å². The van der Waals surface area contributed by atoms with Gasteiger partial charge in [-0.2, -0.15) is 0 Å². The van der Waals surface area contributed by atoms with Gasteiger partial charge in [0.1, 0.15) is 17.6 Å². The first-order valence-electron chi connectivity index (χ1n) is 10.9. The lowest BCUT2D eigenvalue weighted by Crippen LogP contribution is -2.62. The number of fused-ring (bicyclic) bond motifs is 5. The molecule has 28 heavy (non-hydrogen) atoms. The molecule has 0 aromatic heterocycles. The molecule has 2 bridgehead atoms. The van der Waals surface area contributed by atoms with Crippen LogP contribution in [0.5, 0.6) is 0 Å². The number of carbonyl (C=O) groups is 3. The Hall–Kier alpha value is -1.65. The van der Waals surface area contributed by atoms with Gasteiger partial charge >= 0.3 is 11.9 Å². The fourth-order valence-corrected chi connectivity index (χ4v) is 7.02. The molecule has 3 saturated carbocycles. The summed E-state index contributed by atoms with van der Waals surface area (Å²) in [5.74, 6) is 1.28. The number of hydrogen-bond donors (Lipinski definition) is 0. The van der Waals surface area contributed by atoms with E-state index in [0.29, 0.717) is 36.5 Å². The summed E-state index contributed by atoms with van der Waals surface area (Å²) in [5, 5.41) is 0. The minimum atomic E-state index is -0.901. The lowest BCUT2D eigenvalue weighted by atomic mass is 9.49. The zero-order chi connectivity index (χ0) is 19.8. The van der Waals surface area contributed by atoms with E-state index in [-0.39, 0.29) is 47.7 Å². The molecule has 152 valence electrons. The number of Topliss-reactive ketones (excluding diaryl/α,β-unsaturated/α-hetero) is 1. The Morgan fingerprint density at radius 3 is 2.68 bits per heavy atom. The lowest BCUT2D eigenvalue weighted by Gasteiger charge is -2.56. The minimum absolute atomic E-state index is 0.0999. The average molecular weight is 386 g/mol. The summed E-state index contributed by atoms with van der Waals surface area (Å²) in [6.45, 7) is 5.89. The number of ketones is 1. The fraction of sp³-hybridized carbons (Fsp3) is 0.783. The van der Waals surface area contributed by atoms with Crippen LogP contribution < -0.4 is 0 Å². The summed E-state index contributed by atoms with van der Waals surface area (Å²) in [6.07, 6.45) is 8.02. The molecule has 4 aliphatic carbocycles. The van der Waals surface area contributed by atoms with Crippen molar-refractivity contribution in [1.82, 2.24) is 0 Å². The number of carbonyl (C=O) groups excluding carboxylic acids is 3. The van der Waals surface area contributed by atoms with E-state index in [1.165, 1.54) is 0 Å². The molecule has 6 aliphatic rings. The van der Waals surface area contributed by atoms with E-state index in [1.807, 2.05) is 13.8 Å². The standard InChI is InChI=1S/C23H30O5/c1-11(2)21(25)28-20-12(3)6-17-16(20)5-4-13-7-14-8-15-9-19(24)23(14,10-18(13)17)22(26)27-15/h4-5,11-18,20H,6-10H2,1-3H3. The lowest BCUT2D eigenvalue weighted by molar-refractivity contribution is -0.202. The van der Waals surface area contributed by atoms with E-state index >= 15 is 0 Å². The van der Waals surface area contributed by atoms with Gasteiger partial charge in [0, 0.05) is 12.3 Å². The van der Waals surface area contributed by atoms with Crippen molar-refractivity contribution in [2.24, 2.45) is 46.8 Å². The van der Waals surface area contributed by atoms with Gasteiger partial charge in [0.25, 0.3) is 0 Å². The van der Waals surface area contributed by atoms with Crippen molar-refractivity contribution in [3.63, 3.8) is 0 Å². The predicted molar refractivity (Wildman–Crippen MR) is 101 cm³/mol. The van der Waals surface area contributed by atoms with Crippen molar-refractivity contribution in [3.8, 4) is 0 Å². The van der Waals surface area contributed by atoms with Gasteiger partial charge < -0.3 is 9.47 Å². The van der Waals surface area contributed by atoms with Crippen molar-refractivity contribution in [2.45, 2.75) is 65.1 Å². The predicted octanol–water partition coefficient (Wildman–Crippen LogP) is 3.31. The molecule has 5 heteroatoms. The maximum absolute atomic E-state index is 12.9. The Labute approximate surface area is 166 Å². The highest BCUT2D eigenvalue weighted by Crippen LogP contribution is 2.61. The molecule has 5 fully saturated rings. The van der Waals surface area contributed by atoms with Crippen LogP contribution in [0.3, 0.4) is 0 Å². The number of hydrogen-bond acceptors (Lipinski definition) is 5. The monoisotopic (exact) mass is 386 g/mol. The molecular formula is C23H30O5. The van der Waals surface area contributed by atoms with Crippen LogP contribution in [0.4, 0.5) is 0 Å². The van der Waals surface area contributed by atoms with Crippen LogP contribution in [-0.4, -0.2) is 29.9 Å². The third-order valence-corrected chi connectivity index (χ3v) is 8.39. The third-order valence-electron chi connectivity index (χ3n) is 8.39. The Balaban J connectivity index is 1.44. The van der Waals surface area contributed by atoms with Crippen molar-refractivity contribution >= 4 is 17.7 Å². The molecule has 2 saturated heterocycles. The Morgan fingerprint density at radius 2 is 1.96 bits per heavy atom. The van der Waals surface area contributed by atoms with Gasteiger partial charge in [-0.25, -0.2) is 0 Å². The van der Waals surface area contributed by atoms with Gasteiger partial charge in [-0.15, -0.1) is 0 Å². The van der Waals surface area contributed by atoms with Crippen molar-refractivity contribution < 1.29 is 23.9 Å².